The summed E-state index contributed by atoms with van der Waals surface area (Å²) >= 11 is 1.60. The van der Waals surface area contributed by atoms with Crippen LogP contribution in [0.2, 0.25) is 0 Å². The minimum atomic E-state index is -0.0371. The number of carbonyl (C=O) groups is 1. The average Bonchev–Trinajstić information content (AvgIpc) is 3.20. The molecule has 0 radical (unpaired) electrons. The molecule has 2 aromatic carbocycles. The lowest BCUT2D eigenvalue weighted by molar-refractivity contribution is -0.115. The number of nitrogens with zero attached hydrogens (tertiary/aromatic N) is 3. The Morgan fingerprint density at radius 1 is 1.10 bits per heavy atom. The average molecular weight is 421 g/mol. The lowest BCUT2D eigenvalue weighted by Crippen LogP contribution is -2.43. The van der Waals surface area contributed by atoms with Crippen LogP contribution in [0.3, 0.4) is 0 Å². The minimum absolute atomic E-state index is 0.0371. The van der Waals surface area contributed by atoms with E-state index in [9.17, 15) is 4.79 Å². The molecule has 0 spiro atoms. The van der Waals surface area contributed by atoms with Crippen molar-refractivity contribution in [2.24, 2.45) is 0 Å². The van der Waals surface area contributed by atoms with Gasteiger partial charge in [0.15, 0.2) is 0 Å². The monoisotopic (exact) mass is 420 g/mol. The van der Waals surface area contributed by atoms with Crippen molar-refractivity contribution in [2.75, 3.05) is 38.5 Å². The van der Waals surface area contributed by atoms with Crippen LogP contribution >= 0.6 is 11.3 Å². The van der Waals surface area contributed by atoms with E-state index in [4.69, 9.17) is 4.98 Å². The first-order valence-electron chi connectivity index (χ1n) is 10.4. The van der Waals surface area contributed by atoms with Crippen molar-refractivity contribution in [2.45, 2.75) is 19.9 Å². The third-order valence-corrected chi connectivity index (χ3v) is 6.43. The molecule has 3 aromatic rings. The number of carbonyl (C=O) groups excluding carboxylic acids is 1. The van der Waals surface area contributed by atoms with Gasteiger partial charge in [0.1, 0.15) is 5.01 Å². The van der Waals surface area contributed by atoms with Crippen molar-refractivity contribution in [3.05, 3.63) is 70.7 Å². The van der Waals surface area contributed by atoms with Crippen molar-refractivity contribution in [3.63, 3.8) is 0 Å². The Kier molecular flexibility index (Phi) is 6.57. The molecule has 1 saturated heterocycles. The zero-order valence-electron chi connectivity index (χ0n) is 17.6. The predicted octanol–water partition coefficient (Wildman–Crippen LogP) is 4.05. The van der Waals surface area contributed by atoms with Crippen LogP contribution in [0.15, 0.2) is 53.9 Å². The van der Waals surface area contributed by atoms with E-state index in [-0.39, 0.29) is 12.3 Å². The van der Waals surface area contributed by atoms with E-state index in [1.807, 2.05) is 36.6 Å². The van der Waals surface area contributed by atoms with Crippen LogP contribution in [0.25, 0.3) is 10.6 Å². The number of aryl methyl sites for hydroxylation is 1. The van der Waals surface area contributed by atoms with Crippen LogP contribution in [0.5, 0.6) is 0 Å². The highest BCUT2D eigenvalue weighted by Crippen LogP contribution is 2.25. The normalized spacial score (nSPS) is 15.3. The fourth-order valence-electron chi connectivity index (χ4n) is 3.66. The summed E-state index contributed by atoms with van der Waals surface area (Å²) in [5, 5.41) is 5.93. The smallest absolute Gasteiger partial charge is 0.230 e. The molecular weight excluding hydrogens is 392 g/mol. The molecule has 1 fully saturated rings. The molecule has 0 aliphatic carbocycles. The van der Waals surface area contributed by atoms with E-state index >= 15 is 0 Å². The fourth-order valence-corrected chi connectivity index (χ4v) is 4.48. The number of benzene rings is 2. The highest BCUT2D eigenvalue weighted by molar-refractivity contribution is 7.13. The molecule has 0 atom stereocenters. The number of rotatable bonds is 6. The van der Waals surface area contributed by atoms with Gasteiger partial charge in [0.25, 0.3) is 0 Å². The van der Waals surface area contributed by atoms with Crippen molar-refractivity contribution in [3.8, 4) is 10.6 Å². The maximum atomic E-state index is 12.4. The standard InChI is InChI=1S/C24H28N4OS/c1-18-6-3-4-9-22(18)26-23(29)15-21-17-30-24(25-21)20-8-5-7-19(14-20)16-28-12-10-27(2)11-13-28/h3-9,14,17H,10-13,15-16H2,1-2H3,(H,26,29). The van der Waals surface area contributed by atoms with Gasteiger partial charge in [-0.15, -0.1) is 11.3 Å². The number of aromatic nitrogens is 1. The molecule has 1 N–H and O–H groups in total. The van der Waals surface area contributed by atoms with Crippen LogP contribution in [-0.2, 0) is 17.8 Å². The van der Waals surface area contributed by atoms with Crippen LogP contribution in [0, 0.1) is 6.92 Å². The van der Waals surface area contributed by atoms with Gasteiger partial charge in [-0.2, -0.15) is 0 Å². The molecular formula is C24H28N4OS. The van der Waals surface area contributed by atoms with E-state index < -0.39 is 0 Å². The Morgan fingerprint density at radius 2 is 1.90 bits per heavy atom. The molecule has 6 heteroatoms. The molecule has 2 heterocycles. The van der Waals surface area contributed by atoms with Gasteiger partial charge in [-0.05, 0) is 37.2 Å². The maximum Gasteiger partial charge on any atom is 0.230 e. The summed E-state index contributed by atoms with van der Waals surface area (Å²) in [6.07, 6.45) is 0.284. The number of hydrogen-bond donors (Lipinski definition) is 1. The molecule has 156 valence electrons. The highest BCUT2D eigenvalue weighted by Gasteiger charge is 2.15. The summed E-state index contributed by atoms with van der Waals surface area (Å²) in [6.45, 7) is 7.43. The van der Waals surface area contributed by atoms with Crippen molar-refractivity contribution in [1.82, 2.24) is 14.8 Å². The molecule has 0 unspecified atom stereocenters. The zero-order chi connectivity index (χ0) is 20.9. The largest absolute Gasteiger partial charge is 0.326 e. The lowest BCUT2D eigenvalue weighted by atomic mass is 10.1. The molecule has 1 aromatic heterocycles. The number of thiazole rings is 1. The summed E-state index contributed by atoms with van der Waals surface area (Å²) in [5.74, 6) is -0.0371. The Morgan fingerprint density at radius 3 is 2.70 bits per heavy atom. The van der Waals surface area contributed by atoms with Gasteiger partial charge in [0.2, 0.25) is 5.91 Å². The van der Waals surface area contributed by atoms with Crippen molar-refractivity contribution in [1.29, 1.82) is 0 Å². The summed E-state index contributed by atoms with van der Waals surface area (Å²) in [7, 11) is 2.18. The second-order valence-corrected chi connectivity index (χ2v) is 8.82. The summed E-state index contributed by atoms with van der Waals surface area (Å²) in [5.41, 5.74) is 5.16. The number of piperazine rings is 1. The Labute approximate surface area is 182 Å². The first kappa shape index (κ1) is 20.7. The Balaban J connectivity index is 1.39. The lowest BCUT2D eigenvalue weighted by Gasteiger charge is -2.32. The van der Waals surface area contributed by atoms with E-state index in [0.717, 1.165) is 60.2 Å². The topological polar surface area (TPSA) is 48.5 Å². The summed E-state index contributed by atoms with van der Waals surface area (Å²) < 4.78 is 0. The number of nitrogens with one attached hydrogen (secondary N) is 1. The van der Waals surface area contributed by atoms with E-state index in [0.29, 0.717) is 0 Å². The summed E-state index contributed by atoms with van der Waals surface area (Å²) in [4.78, 5) is 22.0. The number of amides is 1. The third kappa shape index (κ3) is 5.33. The maximum absolute atomic E-state index is 12.4. The van der Waals surface area contributed by atoms with Crippen LogP contribution < -0.4 is 5.32 Å². The highest BCUT2D eigenvalue weighted by atomic mass is 32.1. The number of anilines is 1. The van der Waals surface area contributed by atoms with Gasteiger partial charge >= 0.3 is 0 Å². The number of para-hydroxylation sites is 1. The molecule has 1 aliphatic heterocycles. The third-order valence-electron chi connectivity index (χ3n) is 5.49. The van der Waals surface area contributed by atoms with Crippen molar-refractivity contribution < 1.29 is 4.79 Å². The first-order chi connectivity index (χ1) is 14.6. The van der Waals surface area contributed by atoms with Gasteiger partial charge in [-0.1, -0.05) is 36.4 Å². The molecule has 5 nitrogen and oxygen atoms in total. The summed E-state index contributed by atoms with van der Waals surface area (Å²) in [6, 6.07) is 16.4. The molecule has 0 bridgehead atoms. The van der Waals surface area contributed by atoms with Crippen LogP contribution in [-0.4, -0.2) is 53.9 Å². The molecule has 0 saturated carbocycles. The number of likely N-dealkylation sites (N-methyl/N-ethyl adjacent to an activating group) is 1. The van der Waals surface area contributed by atoms with Gasteiger partial charge < -0.3 is 10.2 Å². The van der Waals surface area contributed by atoms with Gasteiger partial charge in [0.05, 0.1) is 12.1 Å². The van der Waals surface area contributed by atoms with Gasteiger partial charge in [-0.3, -0.25) is 9.69 Å². The van der Waals surface area contributed by atoms with Crippen LogP contribution in [0.1, 0.15) is 16.8 Å². The van der Waals surface area contributed by atoms with E-state index in [1.165, 1.54) is 5.56 Å². The van der Waals surface area contributed by atoms with Gasteiger partial charge in [-0.25, -0.2) is 4.98 Å². The molecule has 4 rings (SSSR count). The number of hydrogen-bond acceptors (Lipinski definition) is 5. The minimum Gasteiger partial charge on any atom is -0.326 e. The molecule has 30 heavy (non-hydrogen) atoms. The fraction of sp³-hybridized carbons (Fsp3) is 0.333. The quantitative estimate of drug-likeness (QED) is 0.654. The zero-order valence-corrected chi connectivity index (χ0v) is 18.4. The molecule has 1 amide bonds. The van der Waals surface area contributed by atoms with E-state index in [1.54, 1.807) is 11.3 Å². The van der Waals surface area contributed by atoms with E-state index in [2.05, 4.69) is 46.4 Å². The Bertz CT molecular complexity index is 1010. The molecule has 1 aliphatic rings. The second-order valence-electron chi connectivity index (χ2n) is 7.96. The first-order valence-corrected chi connectivity index (χ1v) is 11.2. The van der Waals surface area contributed by atoms with Gasteiger partial charge in [0, 0.05) is 49.4 Å². The Hall–Kier alpha value is -2.54. The predicted molar refractivity (Wildman–Crippen MR) is 124 cm³/mol. The second kappa shape index (κ2) is 9.51. The van der Waals surface area contributed by atoms with Crippen molar-refractivity contribution >= 4 is 22.9 Å². The van der Waals surface area contributed by atoms with Crippen LogP contribution in [0.4, 0.5) is 5.69 Å². The SMILES string of the molecule is Cc1ccccc1NC(=O)Cc1csc(-c2cccc(CN3CCN(C)CC3)c2)n1.